The van der Waals surface area contributed by atoms with Crippen molar-refractivity contribution in [3.05, 3.63) is 46.0 Å². The van der Waals surface area contributed by atoms with Crippen molar-refractivity contribution in [2.75, 3.05) is 19.0 Å². The summed E-state index contributed by atoms with van der Waals surface area (Å²) in [5.74, 6) is 1.11. The average Bonchev–Trinajstić information content (AvgIpc) is 2.33. The summed E-state index contributed by atoms with van der Waals surface area (Å²) in [6.45, 7) is 0. The minimum absolute atomic E-state index is 0.399. The molecule has 18 heavy (non-hydrogen) atoms. The molecular weight excluding hydrogens is 316 g/mol. The molecule has 0 N–H and O–H groups in total. The SMILES string of the molecule is CN(C)c1cccc(Oc2ncc(Br)cc2Cl)c1. The lowest BCUT2D eigenvalue weighted by molar-refractivity contribution is 0.463. The summed E-state index contributed by atoms with van der Waals surface area (Å²) in [5, 5.41) is 0.472. The van der Waals surface area contributed by atoms with Crippen molar-refractivity contribution in [2.45, 2.75) is 0 Å². The molecule has 0 saturated carbocycles. The molecule has 0 saturated heterocycles. The van der Waals surface area contributed by atoms with Crippen LogP contribution in [0.15, 0.2) is 41.0 Å². The molecule has 0 bridgehead atoms. The second-order valence-electron chi connectivity index (χ2n) is 3.93. The highest BCUT2D eigenvalue weighted by Gasteiger charge is 2.06. The third-order valence-corrected chi connectivity index (χ3v) is 3.03. The van der Waals surface area contributed by atoms with Crippen LogP contribution in [0.2, 0.25) is 5.02 Å². The highest BCUT2D eigenvalue weighted by atomic mass is 79.9. The number of aromatic nitrogens is 1. The monoisotopic (exact) mass is 326 g/mol. The van der Waals surface area contributed by atoms with Gasteiger partial charge < -0.3 is 9.64 Å². The highest BCUT2D eigenvalue weighted by Crippen LogP contribution is 2.30. The summed E-state index contributed by atoms with van der Waals surface area (Å²) < 4.78 is 6.49. The van der Waals surface area contributed by atoms with E-state index in [-0.39, 0.29) is 0 Å². The molecule has 0 aliphatic rings. The first-order valence-electron chi connectivity index (χ1n) is 5.32. The standard InChI is InChI=1S/C13H12BrClN2O/c1-17(2)10-4-3-5-11(7-10)18-13-12(15)6-9(14)8-16-13/h3-8H,1-2H3. The Morgan fingerprint density at radius 2 is 2.06 bits per heavy atom. The average molecular weight is 328 g/mol. The van der Waals surface area contributed by atoms with Crippen molar-refractivity contribution in [1.29, 1.82) is 0 Å². The Bertz CT molecular complexity index is 560. The Hall–Kier alpha value is -1.26. The van der Waals surface area contributed by atoms with E-state index in [0.717, 1.165) is 10.2 Å². The fourth-order valence-corrected chi connectivity index (χ4v) is 2.08. The Kier molecular flexibility index (Phi) is 4.09. The van der Waals surface area contributed by atoms with Gasteiger partial charge >= 0.3 is 0 Å². The molecule has 0 amide bonds. The van der Waals surface area contributed by atoms with Crippen molar-refractivity contribution in [3.63, 3.8) is 0 Å². The maximum Gasteiger partial charge on any atom is 0.238 e. The van der Waals surface area contributed by atoms with Crippen LogP contribution in [0.4, 0.5) is 5.69 Å². The van der Waals surface area contributed by atoms with E-state index in [1.807, 2.05) is 43.3 Å². The number of halogens is 2. The van der Waals surface area contributed by atoms with E-state index in [2.05, 4.69) is 20.9 Å². The molecule has 1 aromatic heterocycles. The molecule has 0 unspecified atom stereocenters. The van der Waals surface area contributed by atoms with Crippen molar-refractivity contribution >= 4 is 33.2 Å². The van der Waals surface area contributed by atoms with Crippen LogP contribution in [0.1, 0.15) is 0 Å². The van der Waals surface area contributed by atoms with E-state index in [4.69, 9.17) is 16.3 Å². The number of hydrogen-bond donors (Lipinski definition) is 0. The first kappa shape index (κ1) is 13.2. The number of pyridine rings is 1. The second kappa shape index (κ2) is 5.59. The highest BCUT2D eigenvalue weighted by molar-refractivity contribution is 9.10. The molecule has 3 nitrogen and oxygen atoms in total. The largest absolute Gasteiger partial charge is 0.437 e. The Morgan fingerprint density at radius 1 is 1.28 bits per heavy atom. The minimum Gasteiger partial charge on any atom is -0.437 e. The van der Waals surface area contributed by atoms with Gasteiger partial charge in [-0.3, -0.25) is 0 Å². The van der Waals surface area contributed by atoms with Gasteiger partial charge in [0.25, 0.3) is 0 Å². The van der Waals surface area contributed by atoms with E-state index in [1.165, 1.54) is 0 Å². The molecule has 5 heteroatoms. The zero-order valence-corrected chi connectivity index (χ0v) is 12.4. The van der Waals surface area contributed by atoms with Crippen LogP contribution in [-0.4, -0.2) is 19.1 Å². The molecule has 0 aliphatic carbocycles. The fraction of sp³-hybridized carbons (Fsp3) is 0.154. The number of nitrogens with zero attached hydrogens (tertiary/aromatic N) is 2. The third-order valence-electron chi connectivity index (χ3n) is 2.32. The van der Waals surface area contributed by atoms with Crippen molar-refractivity contribution in [2.24, 2.45) is 0 Å². The molecule has 2 aromatic rings. The van der Waals surface area contributed by atoms with Crippen LogP contribution < -0.4 is 9.64 Å². The molecule has 2 rings (SSSR count). The number of ether oxygens (including phenoxy) is 1. The van der Waals surface area contributed by atoms with Gasteiger partial charge in [0, 0.05) is 36.5 Å². The normalized spacial score (nSPS) is 10.2. The maximum absolute atomic E-state index is 6.05. The molecule has 1 aromatic carbocycles. The first-order chi connectivity index (χ1) is 8.56. The van der Waals surface area contributed by atoms with Gasteiger partial charge in [-0.1, -0.05) is 17.7 Å². The van der Waals surface area contributed by atoms with Gasteiger partial charge in [0.15, 0.2) is 0 Å². The van der Waals surface area contributed by atoms with Crippen LogP contribution in [0.3, 0.4) is 0 Å². The van der Waals surface area contributed by atoms with Crippen LogP contribution in [-0.2, 0) is 0 Å². The molecule has 0 aliphatic heterocycles. The molecule has 0 spiro atoms. The number of hydrogen-bond acceptors (Lipinski definition) is 3. The number of anilines is 1. The van der Waals surface area contributed by atoms with Crippen molar-refractivity contribution < 1.29 is 4.74 Å². The molecular formula is C13H12BrClN2O. The lowest BCUT2D eigenvalue weighted by Crippen LogP contribution is -2.08. The maximum atomic E-state index is 6.05. The van der Waals surface area contributed by atoms with Gasteiger partial charge in [-0.2, -0.15) is 0 Å². The van der Waals surface area contributed by atoms with E-state index >= 15 is 0 Å². The van der Waals surface area contributed by atoms with Gasteiger partial charge in [-0.25, -0.2) is 4.98 Å². The van der Waals surface area contributed by atoms with Crippen LogP contribution in [0.25, 0.3) is 0 Å². The fourth-order valence-electron chi connectivity index (χ4n) is 1.41. The number of benzene rings is 1. The zero-order chi connectivity index (χ0) is 13.1. The second-order valence-corrected chi connectivity index (χ2v) is 5.26. The predicted octanol–water partition coefficient (Wildman–Crippen LogP) is 4.36. The minimum atomic E-state index is 0.399. The van der Waals surface area contributed by atoms with Gasteiger partial charge in [0.1, 0.15) is 10.8 Å². The van der Waals surface area contributed by atoms with Gasteiger partial charge in [-0.15, -0.1) is 0 Å². The first-order valence-corrected chi connectivity index (χ1v) is 6.49. The Labute approximate surface area is 119 Å². The molecule has 94 valence electrons. The van der Waals surface area contributed by atoms with Gasteiger partial charge in [0.05, 0.1) is 0 Å². The predicted molar refractivity (Wildman–Crippen MR) is 77.8 cm³/mol. The number of rotatable bonds is 3. The molecule has 0 atom stereocenters. The Morgan fingerprint density at radius 3 is 2.72 bits per heavy atom. The summed E-state index contributed by atoms with van der Waals surface area (Å²) >= 11 is 9.36. The van der Waals surface area contributed by atoms with Crippen LogP contribution in [0.5, 0.6) is 11.6 Å². The summed E-state index contributed by atoms with van der Waals surface area (Å²) in [5.41, 5.74) is 1.06. The van der Waals surface area contributed by atoms with Crippen LogP contribution >= 0.6 is 27.5 Å². The topological polar surface area (TPSA) is 25.4 Å². The van der Waals surface area contributed by atoms with Crippen molar-refractivity contribution in [1.82, 2.24) is 4.98 Å². The lowest BCUT2D eigenvalue weighted by atomic mass is 10.3. The van der Waals surface area contributed by atoms with Crippen molar-refractivity contribution in [3.8, 4) is 11.6 Å². The summed E-state index contributed by atoms with van der Waals surface area (Å²) in [4.78, 5) is 6.14. The third kappa shape index (κ3) is 3.15. The van der Waals surface area contributed by atoms with E-state index in [1.54, 1.807) is 12.3 Å². The Balaban J connectivity index is 2.25. The molecule has 1 heterocycles. The van der Waals surface area contributed by atoms with Gasteiger partial charge in [-0.05, 0) is 34.1 Å². The molecule has 0 radical (unpaired) electrons. The quantitative estimate of drug-likeness (QED) is 0.837. The molecule has 0 fully saturated rings. The van der Waals surface area contributed by atoms with E-state index in [9.17, 15) is 0 Å². The summed E-state index contributed by atoms with van der Waals surface area (Å²) in [7, 11) is 3.95. The lowest BCUT2D eigenvalue weighted by Gasteiger charge is -2.14. The van der Waals surface area contributed by atoms with E-state index in [0.29, 0.717) is 16.7 Å². The summed E-state index contributed by atoms with van der Waals surface area (Å²) in [6.07, 6.45) is 1.65. The van der Waals surface area contributed by atoms with Crippen LogP contribution in [0, 0.1) is 0 Å². The van der Waals surface area contributed by atoms with E-state index < -0.39 is 0 Å². The summed E-state index contributed by atoms with van der Waals surface area (Å²) in [6, 6.07) is 9.48. The van der Waals surface area contributed by atoms with Gasteiger partial charge in [0.2, 0.25) is 5.88 Å². The smallest absolute Gasteiger partial charge is 0.238 e. The zero-order valence-electron chi connectivity index (χ0n) is 10.0.